The van der Waals surface area contributed by atoms with Gasteiger partial charge in [0.2, 0.25) is 0 Å². The summed E-state index contributed by atoms with van der Waals surface area (Å²) in [6.07, 6.45) is -3.75. The Kier molecular flexibility index (Phi) is 5.27. The minimum absolute atomic E-state index is 0.119. The summed E-state index contributed by atoms with van der Waals surface area (Å²) in [5.41, 5.74) is 1.88. The van der Waals surface area contributed by atoms with Gasteiger partial charge in [-0.25, -0.2) is 0 Å². The van der Waals surface area contributed by atoms with E-state index in [0.29, 0.717) is 0 Å². The zero-order chi connectivity index (χ0) is 12.9. The number of anilines is 1. The van der Waals surface area contributed by atoms with Crippen LogP contribution in [-0.4, -0.2) is 19.5 Å². The van der Waals surface area contributed by atoms with Crippen LogP contribution in [0.5, 0.6) is 0 Å². The van der Waals surface area contributed by atoms with Crippen LogP contribution in [0.15, 0.2) is 22.7 Å². The lowest BCUT2D eigenvalue weighted by molar-refractivity contribution is -0.322. The molecular formula is C11H13BrF3NO. The first-order valence-electron chi connectivity index (χ1n) is 5.15. The smallest absolute Gasteiger partial charge is 0.383 e. The van der Waals surface area contributed by atoms with Crippen molar-refractivity contribution in [2.45, 2.75) is 19.7 Å². The molecule has 0 aliphatic heterocycles. The highest BCUT2D eigenvalue weighted by atomic mass is 79.9. The van der Waals surface area contributed by atoms with Gasteiger partial charge in [-0.05, 0) is 30.2 Å². The van der Waals surface area contributed by atoms with E-state index in [4.69, 9.17) is 0 Å². The third kappa shape index (κ3) is 5.41. The maximum atomic E-state index is 11.7. The molecule has 0 heterocycles. The van der Waals surface area contributed by atoms with E-state index in [1.807, 2.05) is 25.1 Å². The van der Waals surface area contributed by atoms with Crippen molar-refractivity contribution >= 4 is 21.6 Å². The second-order valence-electron chi connectivity index (χ2n) is 3.38. The molecule has 1 rings (SSSR count). The van der Waals surface area contributed by atoms with E-state index in [2.05, 4.69) is 26.0 Å². The van der Waals surface area contributed by atoms with Gasteiger partial charge in [0.05, 0.1) is 6.61 Å². The van der Waals surface area contributed by atoms with Crippen LogP contribution in [0.4, 0.5) is 18.9 Å². The Hall–Kier alpha value is -0.750. The Morgan fingerprint density at radius 1 is 1.35 bits per heavy atom. The van der Waals surface area contributed by atoms with Gasteiger partial charge in [0.25, 0.3) is 0 Å². The van der Waals surface area contributed by atoms with Gasteiger partial charge in [-0.3, -0.25) is 4.74 Å². The van der Waals surface area contributed by atoms with Gasteiger partial charge >= 0.3 is 6.36 Å². The summed E-state index contributed by atoms with van der Waals surface area (Å²) in [7, 11) is 0. The molecule has 0 radical (unpaired) electrons. The molecule has 1 aromatic carbocycles. The van der Waals surface area contributed by atoms with Crippen LogP contribution in [0.25, 0.3) is 0 Å². The van der Waals surface area contributed by atoms with Gasteiger partial charge in [-0.2, -0.15) is 0 Å². The second-order valence-corrected chi connectivity index (χ2v) is 4.29. The molecular weight excluding hydrogens is 299 g/mol. The van der Waals surface area contributed by atoms with E-state index < -0.39 is 13.0 Å². The highest BCUT2D eigenvalue weighted by Gasteiger charge is 2.28. The lowest BCUT2D eigenvalue weighted by Crippen LogP contribution is -2.19. The standard InChI is InChI=1S/C11H13BrF3NO/c1-2-8-7-9(12)3-4-10(8)16-5-6-17-11(13,14)15/h3-4,7,16H,2,5-6H2,1H3. The molecule has 0 atom stereocenters. The number of aryl methyl sites for hydroxylation is 1. The zero-order valence-electron chi connectivity index (χ0n) is 9.27. The fourth-order valence-corrected chi connectivity index (χ4v) is 1.79. The molecule has 1 aromatic rings. The number of nitrogens with one attached hydrogen (secondary N) is 1. The summed E-state index contributed by atoms with van der Waals surface area (Å²) < 4.78 is 39.8. The molecule has 0 unspecified atom stereocenters. The Bertz CT molecular complexity index is 368. The third-order valence-corrected chi connectivity index (χ3v) is 2.62. The summed E-state index contributed by atoms with van der Waals surface area (Å²) in [6.45, 7) is 1.70. The number of halogens is 4. The molecule has 0 aliphatic rings. The average Bonchev–Trinajstić information content (AvgIpc) is 2.24. The van der Waals surface area contributed by atoms with Crippen LogP contribution in [0.2, 0.25) is 0 Å². The summed E-state index contributed by atoms with van der Waals surface area (Å²) in [5, 5.41) is 2.92. The molecule has 0 bridgehead atoms. The van der Waals surface area contributed by atoms with Crippen LogP contribution in [0.1, 0.15) is 12.5 Å². The first kappa shape index (κ1) is 14.3. The lowest BCUT2D eigenvalue weighted by Gasteiger charge is -2.12. The first-order chi connectivity index (χ1) is 7.92. The molecule has 96 valence electrons. The topological polar surface area (TPSA) is 21.3 Å². The molecule has 0 saturated carbocycles. The SMILES string of the molecule is CCc1cc(Br)ccc1NCCOC(F)(F)F. The highest BCUT2D eigenvalue weighted by Crippen LogP contribution is 2.21. The van der Waals surface area contributed by atoms with E-state index >= 15 is 0 Å². The van der Waals surface area contributed by atoms with E-state index in [1.165, 1.54) is 0 Å². The monoisotopic (exact) mass is 311 g/mol. The van der Waals surface area contributed by atoms with Gasteiger partial charge < -0.3 is 5.32 Å². The third-order valence-electron chi connectivity index (χ3n) is 2.13. The molecule has 17 heavy (non-hydrogen) atoms. The van der Waals surface area contributed by atoms with E-state index in [1.54, 1.807) is 0 Å². The van der Waals surface area contributed by atoms with Gasteiger partial charge in [0.15, 0.2) is 0 Å². The summed E-state index contributed by atoms with van der Waals surface area (Å²) >= 11 is 3.34. The average molecular weight is 312 g/mol. The maximum Gasteiger partial charge on any atom is 0.522 e. The minimum Gasteiger partial charge on any atom is -0.383 e. The van der Waals surface area contributed by atoms with Crippen molar-refractivity contribution in [2.24, 2.45) is 0 Å². The minimum atomic E-state index is -4.56. The van der Waals surface area contributed by atoms with E-state index in [0.717, 1.165) is 22.1 Å². The molecule has 6 heteroatoms. The Balaban J connectivity index is 2.46. The molecule has 2 nitrogen and oxygen atoms in total. The van der Waals surface area contributed by atoms with Gasteiger partial charge in [-0.1, -0.05) is 22.9 Å². The summed E-state index contributed by atoms with van der Waals surface area (Å²) in [5.74, 6) is 0. The highest BCUT2D eigenvalue weighted by molar-refractivity contribution is 9.10. The summed E-state index contributed by atoms with van der Waals surface area (Å²) in [4.78, 5) is 0. The molecule has 1 N–H and O–H groups in total. The van der Waals surface area contributed by atoms with Crippen molar-refractivity contribution in [2.75, 3.05) is 18.5 Å². The van der Waals surface area contributed by atoms with Crippen molar-refractivity contribution < 1.29 is 17.9 Å². The molecule has 0 aromatic heterocycles. The van der Waals surface area contributed by atoms with Crippen LogP contribution in [0.3, 0.4) is 0 Å². The lowest BCUT2D eigenvalue weighted by atomic mass is 10.1. The van der Waals surface area contributed by atoms with E-state index in [-0.39, 0.29) is 6.54 Å². The number of hydrogen-bond donors (Lipinski definition) is 1. The largest absolute Gasteiger partial charge is 0.522 e. The number of benzene rings is 1. The number of rotatable bonds is 5. The van der Waals surface area contributed by atoms with Crippen LogP contribution in [0, 0.1) is 0 Å². The normalized spacial score (nSPS) is 11.6. The molecule has 0 fully saturated rings. The summed E-state index contributed by atoms with van der Waals surface area (Å²) in [6, 6.07) is 5.61. The van der Waals surface area contributed by atoms with Crippen LogP contribution < -0.4 is 5.32 Å². The van der Waals surface area contributed by atoms with Crippen molar-refractivity contribution in [3.8, 4) is 0 Å². The molecule has 0 spiro atoms. The zero-order valence-corrected chi connectivity index (χ0v) is 10.9. The predicted molar refractivity (Wildman–Crippen MR) is 64.0 cm³/mol. The van der Waals surface area contributed by atoms with Crippen LogP contribution >= 0.6 is 15.9 Å². The van der Waals surface area contributed by atoms with Crippen molar-refractivity contribution in [3.63, 3.8) is 0 Å². The number of ether oxygens (including phenoxy) is 1. The van der Waals surface area contributed by atoms with Crippen molar-refractivity contribution in [1.29, 1.82) is 0 Å². The molecule has 0 saturated heterocycles. The van der Waals surface area contributed by atoms with Gasteiger partial charge in [0, 0.05) is 16.7 Å². The second kappa shape index (κ2) is 6.26. The molecule has 0 aliphatic carbocycles. The van der Waals surface area contributed by atoms with Gasteiger partial charge in [0.1, 0.15) is 0 Å². The van der Waals surface area contributed by atoms with Crippen LogP contribution in [-0.2, 0) is 11.2 Å². The van der Waals surface area contributed by atoms with Gasteiger partial charge in [-0.15, -0.1) is 13.2 Å². The maximum absolute atomic E-state index is 11.7. The van der Waals surface area contributed by atoms with Crippen molar-refractivity contribution in [1.82, 2.24) is 0 Å². The molecule has 0 amide bonds. The Labute approximate surface area is 106 Å². The van der Waals surface area contributed by atoms with E-state index in [9.17, 15) is 13.2 Å². The Morgan fingerprint density at radius 3 is 2.65 bits per heavy atom. The Morgan fingerprint density at radius 2 is 2.06 bits per heavy atom. The fraction of sp³-hybridized carbons (Fsp3) is 0.455. The fourth-order valence-electron chi connectivity index (χ4n) is 1.38. The predicted octanol–water partition coefficient (Wildman–Crippen LogP) is 3.96. The number of alkyl halides is 3. The van der Waals surface area contributed by atoms with Crippen molar-refractivity contribution in [3.05, 3.63) is 28.2 Å². The quantitative estimate of drug-likeness (QED) is 0.831. The number of hydrogen-bond acceptors (Lipinski definition) is 2. The first-order valence-corrected chi connectivity index (χ1v) is 5.94.